The molecule has 0 spiro atoms. The molecule has 19 heavy (non-hydrogen) atoms. The first-order chi connectivity index (χ1) is 8.85. The third kappa shape index (κ3) is 2.12. The van der Waals surface area contributed by atoms with Crippen molar-refractivity contribution in [2.75, 3.05) is 5.73 Å². The van der Waals surface area contributed by atoms with E-state index < -0.39 is 0 Å². The van der Waals surface area contributed by atoms with Crippen LogP contribution in [-0.4, -0.2) is 15.4 Å². The zero-order valence-electron chi connectivity index (χ0n) is 11.2. The van der Waals surface area contributed by atoms with E-state index in [9.17, 15) is 0 Å². The Morgan fingerprint density at radius 3 is 2.74 bits per heavy atom. The number of ether oxygens (including phenoxy) is 1. The van der Waals surface area contributed by atoms with Crippen molar-refractivity contribution in [1.29, 1.82) is 0 Å². The van der Waals surface area contributed by atoms with Gasteiger partial charge in [0.05, 0.1) is 5.69 Å². The summed E-state index contributed by atoms with van der Waals surface area (Å²) in [5.74, 6) is 1.56. The SMILES string of the molecule is Cn1nc(-c2cc(Br)cc3c2OC(C)(C)C3)cc1N. The molecule has 1 aromatic carbocycles. The number of anilines is 1. The highest BCUT2D eigenvalue weighted by Gasteiger charge is 2.33. The highest BCUT2D eigenvalue weighted by molar-refractivity contribution is 9.10. The molecule has 0 atom stereocenters. The van der Waals surface area contributed by atoms with Gasteiger partial charge in [0.2, 0.25) is 0 Å². The summed E-state index contributed by atoms with van der Waals surface area (Å²) in [4.78, 5) is 0. The molecular weight excluding hydrogens is 306 g/mol. The highest BCUT2D eigenvalue weighted by atomic mass is 79.9. The van der Waals surface area contributed by atoms with Crippen LogP contribution in [-0.2, 0) is 13.5 Å². The van der Waals surface area contributed by atoms with Crippen LogP contribution >= 0.6 is 15.9 Å². The van der Waals surface area contributed by atoms with Gasteiger partial charge in [0.1, 0.15) is 17.2 Å². The number of nitrogens with zero attached hydrogens (tertiary/aromatic N) is 2. The minimum absolute atomic E-state index is 0.168. The summed E-state index contributed by atoms with van der Waals surface area (Å²) in [6.07, 6.45) is 0.900. The minimum atomic E-state index is -0.168. The van der Waals surface area contributed by atoms with E-state index in [1.54, 1.807) is 4.68 Å². The monoisotopic (exact) mass is 321 g/mol. The highest BCUT2D eigenvalue weighted by Crippen LogP contribution is 2.43. The fourth-order valence-electron chi connectivity index (χ4n) is 2.48. The number of hydrogen-bond acceptors (Lipinski definition) is 3. The third-order valence-electron chi connectivity index (χ3n) is 3.32. The maximum Gasteiger partial charge on any atom is 0.133 e. The summed E-state index contributed by atoms with van der Waals surface area (Å²) in [5.41, 5.74) is 8.73. The largest absolute Gasteiger partial charge is 0.487 e. The topological polar surface area (TPSA) is 53.1 Å². The second-order valence-electron chi connectivity index (χ2n) is 5.56. The fourth-order valence-corrected chi connectivity index (χ4v) is 2.98. The molecule has 2 aromatic rings. The zero-order valence-corrected chi connectivity index (χ0v) is 12.8. The van der Waals surface area contributed by atoms with Crippen LogP contribution in [0.25, 0.3) is 11.3 Å². The molecule has 3 rings (SSSR count). The summed E-state index contributed by atoms with van der Waals surface area (Å²) < 4.78 is 8.78. The standard InChI is InChI=1S/C14H16BrN3O/c1-14(2)7-8-4-9(15)5-10(13(8)19-14)11-6-12(16)18(3)17-11/h4-6H,7,16H2,1-3H3. The Bertz CT molecular complexity index is 641. The van der Waals surface area contributed by atoms with E-state index in [4.69, 9.17) is 10.5 Å². The quantitative estimate of drug-likeness (QED) is 0.877. The molecule has 5 heteroatoms. The lowest BCUT2D eigenvalue weighted by Gasteiger charge is -2.17. The number of nitrogens with two attached hydrogens (primary N) is 1. The molecule has 0 unspecified atom stereocenters. The Hall–Kier alpha value is -1.49. The van der Waals surface area contributed by atoms with E-state index in [0.717, 1.165) is 27.9 Å². The molecule has 0 amide bonds. The van der Waals surface area contributed by atoms with Gasteiger partial charge in [0.25, 0.3) is 0 Å². The number of aryl methyl sites for hydroxylation is 1. The van der Waals surface area contributed by atoms with Gasteiger partial charge in [0.15, 0.2) is 0 Å². The van der Waals surface area contributed by atoms with E-state index in [2.05, 4.69) is 40.9 Å². The van der Waals surface area contributed by atoms with Crippen LogP contribution in [0.2, 0.25) is 0 Å². The van der Waals surface area contributed by atoms with Crippen LogP contribution in [0.15, 0.2) is 22.7 Å². The van der Waals surface area contributed by atoms with Crippen molar-refractivity contribution < 1.29 is 4.74 Å². The smallest absolute Gasteiger partial charge is 0.133 e. The molecule has 0 saturated heterocycles. The molecule has 0 saturated carbocycles. The Morgan fingerprint density at radius 1 is 1.37 bits per heavy atom. The number of rotatable bonds is 1. The number of halogens is 1. The molecular formula is C14H16BrN3O. The summed E-state index contributed by atoms with van der Waals surface area (Å²) >= 11 is 3.55. The van der Waals surface area contributed by atoms with Crippen LogP contribution in [0.4, 0.5) is 5.82 Å². The van der Waals surface area contributed by atoms with Crippen molar-refractivity contribution in [2.45, 2.75) is 25.9 Å². The van der Waals surface area contributed by atoms with Gasteiger partial charge in [-0.05, 0) is 31.5 Å². The maximum absolute atomic E-state index is 6.07. The molecule has 0 bridgehead atoms. The van der Waals surface area contributed by atoms with Gasteiger partial charge in [-0.25, -0.2) is 0 Å². The van der Waals surface area contributed by atoms with E-state index in [1.807, 2.05) is 19.2 Å². The average molecular weight is 322 g/mol. The van der Waals surface area contributed by atoms with Crippen molar-refractivity contribution in [1.82, 2.24) is 9.78 Å². The first-order valence-electron chi connectivity index (χ1n) is 6.17. The van der Waals surface area contributed by atoms with Crippen molar-refractivity contribution in [3.8, 4) is 17.0 Å². The molecule has 0 radical (unpaired) electrons. The van der Waals surface area contributed by atoms with E-state index in [0.29, 0.717) is 5.82 Å². The summed E-state index contributed by atoms with van der Waals surface area (Å²) in [5, 5.41) is 4.44. The van der Waals surface area contributed by atoms with Crippen molar-refractivity contribution in [2.24, 2.45) is 7.05 Å². The predicted molar refractivity (Wildman–Crippen MR) is 79.2 cm³/mol. The van der Waals surface area contributed by atoms with Gasteiger partial charge in [-0.15, -0.1) is 0 Å². The van der Waals surface area contributed by atoms with E-state index >= 15 is 0 Å². The van der Waals surface area contributed by atoms with Crippen LogP contribution in [0, 0.1) is 0 Å². The number of hydrogen-bond donors (Lipinski definition) is 1. The average Bonchev–Trinajstić information content (AvgIpc) is 2.77. The lowest BCUT2D eigenvalue weighted by Crippen LogP contribution is -2.24. The predicted octanol–water partition coefficient (Wildman–Crippen LogP) is 3.15. The molecule has 0 aliphatic carbocycles. The first-order valence-corrected chi connectivity index (χ1v) is 6.96. The first kappa shape index (κ1) is 12.5. The lowest BCUT2D eigenvalue weighted by atomic mass is 10.00. The van der Waals surface area contributed by atoms with Gasteiger partial charge >= 0.3 is 0 Å². The van der Waals surface area contributed by atoms with Gasteiger partial charge in [-0.1, -0.05) is 15.9 Å². The van der Waals surface area contributed by atoms with Crippen LogP contribution < -0.4 is 10.5 Å². The van der Waals surface area contributed by atoms with Crippen LogP contribution in [0.3, 0.4) is 0 Å². The number of aromatic nitrogens is 2. The molecule has 1 aliphatic heterocycles. The van der Waals surface area contributed by atoms with E-state index in [1.165, 1.54) is 5.56 Å². The summed E-state index contributed by atoms with van der Waals surface area (Å²) in [6.45, 7) is 4.19. The minimum Gasteiger partial charge on any atom is -0.487 e. The fraction of sp³-hybridized carbons (Fsp3) is 0.357. The van der Waals surface area contributed by atoms with Crippen LogP contribution in [0.1, 0.15) is 19.4 Å². The van der Waals surface area contributed by atoms with Gasteiger partial charge in [-0.2, -0.15) is 5.10 Å². The van der Waals surface area contributed by atoms with Crippen molar-refractivity contribution in [3.05, 3.63) is 28.2 Å². The Labute approximate surface area is 120 Å². The number of nitrogen functional groups attached to an aromatic ring is 1. The lowest BCUT2D eigenvalue weighted by molar-refractivity contribution is 0.139. The normalized spacial score (nSPS) is 16.2. The second-order valence-corrected chi connectivity index (χ2v) is 6.47. The number of fused-ring (bicyclic) bond motifs is 1. The van der Waals surface area contributed by atoms with Gasteiger partial charge < -0.3 is 10.5 Å². The molecule has 100 valence electrons. The van der Waals surface area contributed by atoms with Crippen molar-refractivity contribution in [3.63, 3.8) is 0 Å². The molecule has 0 fully saturated rings. The van der Waals surface area contributed by atoms with Crippen molar-refractivity contribution >= 4 is 21.7 Å². The zero-order chi connectivity index (χ0) is 13.8. The molecule has 1 aliphatic rings. The van der Waals surface area contributed by atoms with Gasteiger partial charge in [0, 0.05) is 29.6 Å². The Kier molecular flexibility index (Phi) is 2.64. The summed E-state index contributed by atoms with van der Waals surface area (Å²) in [7, 11) is 1.84. The van der Waals surface area contributed by atoms with Crippen LogP contribution in [0.5, 0.6) is 5.75 Å². The Balaban J connectivity index is 2.18. The van der Waals surface area contributed by atoms with E-state index in [-0.39, 0.29) is 5.60 Å². The summed E-state index contributed by atoms with van der Waals surface area (Å²) in [6, 6.07) is 6.01. The molecule has 2 heterocycles. The maximum atomic E-state index is 6.07. The second kappa shape index (κ2) is 4.00. The van der Waals surface area contributed by atoms with Gasteiger partial charge in [-0.3, -0.25) is 4.68 Å². The third-order valence-corrected chi connectivity index (χ3v) is 3.77. The number of benzene rings is 1. The molecule has 4 nitrogen and oxygen atoms in total. The molecule has 2 N–H and O–H groups in total. The molecule has 1 aromatic heterocycles. The Morgan fingerprint density at radius 2 is 2.11 bits per heavy atom.